The van der Waals surface area contributed by atoms with E-state index in [-0.39, 0.29) is 35.1 Å². The van der Waals surface area contributed by atoms with Gasteiger partial charge in [-0.3, -0.25) is 9.48 Å². The number of ether oxygens (including phenoxy) is 2. The third-order valence-electron chi connectivity index (χ3n) is 3.64. The number of benzene rings is 1. The lowest BCUT2D eigenvalue weighted by Crippen LogP contribution is -2.22. The summed E-state index contributed by atoms with van der Waals surface area (Å²) in [4.78, 5) is 23.4. The summed E-state index contributed by atoms with van der Waals surface area (Å²) >= 11 is 6.18. The van der Waals surface area contributed by atoms with Crippen molar-refractivity contribution in [1.82, 2.24) is 9.78 Å². The number of halogens is 6. The number of rotatable bonds is 7. The Kier molecular flexibility index (Phi) is 6.83. The summed E-state index contributed by atoms with van der Waals surface area (Å²) in [6.07, 6.45) is -5.20. The zero-order valence-corrected chi connectivity index (χ0v) is 15.8. The third-order valence-corrected chi connectivity index (χ3v) is 3.99. The molecular weight excluding hydrogens is 427 g/mol. The van der Waals surface area contributed by atoms with Crippen LogP contribution in [0, 0.1) is 0 Å². The van der Waals surface area contributed by atoms with Crippen LogP contribution in [-0.4, -0.2) is 40.9 Å². The van der Waals surface area contributed by atoms with Gasteiger partial charge in [-0.1, -0.05) is 17.7 Å². The van der Waals surface area contributed by atoms with E-state index in [2.05, 4.69) is 9.84 Å². The summed E-state index contributed by atoms with van der Waals surface area (Å²) in [5.74, 6) is -3.83. The van der Waals surface area contributed by atoms with Crippen LogP contribution in [-0.2, 0) is 11.3 Å². The van der Waals surface area contributed by atoms with Gasteiger partial charge in [-0.05, 0) is 26.0 Å². The fraction of sp³-hybridized carbons (Fsp3) is 0.353. The van der Waals surface area contributed by atoms with Gasteiger partial charge in [-0.25, -0.2) is 4.79 Å². The van der Waals surface area contributed by atoms with Crippen molar-refractivity contribution in [3.63, 3.8) is 0 Å². The molecule has 0 aliphatic rings. The number of Topliss-reactive ketones (excluding diaryl/α,β-unsaturated/α-hetero) is 1. The van der Waals surface area contributed by atoms with Gasteiger partial charge >= 0.3 is 18.8 Å². The highest BCUT2D eigenvalue weighted by molar-refractivity contribution is 6.36. The van der Waals surface area contributed by atoms with Crippen molar-refractivity contribution in [3.05, 3.63) is 34.5 Å². The van der Waals surface area contributed by atoms with Crippen LogP contribution in [0.25, 0.3) is 11.3 Å². The van der Waals surface area contributed by atoms with E-state index in [0.29, 0.717) is 6.07 Å². The van der Waals surface area contributed by atoms with Crippen LogP contribution in [0.1, 0.15) is 34.7 Å². The highest BCUT2D eigenvalue weighted by Crippen LogP contribution is 2.39. The number of hydrogen-bond acceptors (Lipinski definition) is 5. The zero-order chi connectivity index (χ0) is 21.9. The highest BCUT2D eigenvalue weighted by Gasteiger charge is 2.40. The number of carbonyl (C=O) groups is 2. The molecule has 0 aliphatic carbocycles. The van der Waals surface area contributed by atoms with Crippen LogP contribution in [0.4, 0.5) is 22.0 Å². The fourth-order valence-corrected chi connectivity index (χ4v) is 2.79. The van der Waals surface area contributed by atoms with Gasteiger partial charge in [0, 0.05) is 17.7 Å². The standard InChI is InChI=1S/C17H14ClF5N2O4/c1-3-25-13(11(18)12(24-25)15(27)28-4-2)9-6-5-8(14(26)17(21,22)23)7-10(9)29-16(19)20/h5-7,16H,3-4H2,1-2H3. The van der Waals surface area contributed by atoms with Gasteiger partial charge in [0.25, 0.3) is 5.78 Å². The van der Waals surface area contributed by atoms with E-state index in [1.54, 1.807) is 13.8 Å². The molecule has 0 N–H and O–H groups in total. The predicted molar refractivity (Wildman–Crippen MR) is 91.3 cm³/mol. The summed E-state index contributed by atoms with van der Waals surface area (Å²) < 4.78 is 74.0. The molecule has 2 rings (SSSR count). The Bertz CT molecular complexity index is 927. The molecule has 0 fully saturated rings. The molecule has 0 spiro atoms. The van der Waals surface area contributed by atoms with E-state index < -0.39 is 35.9 Å². The summed E-state index contributed by atoms with van der Waals surface area (Å²) in [5.41, 5.74) is -1.44. The van der Waals surface area contributed by atoms with E-state index in [1.807, 2.05) is 0 Å². The van der Waals surface area contributed by atoms with Gasteiger partial charge in [-0.15, -0.1) is 0 Å². The zero-order valence-electron chi connectivity index (χ0n) is 15.0. The molecule has 29 heavy (non-hydrogen) atoms. The summed E-state index contributed by atoms with van der Waals surface area (Å²) in [5, 5.41) is 3.70. The molecule has 0 aliphatic heterocycles. The number of ketones is 1. The molecule has 2 aromatic rings. The molecule has 1 heterocycles. The molecule has 6 nitrogen and oxygen atoms in total. The number of carbonyl (C=O) groups excluding carboxylic acids is 2. The molecule has 0 amide bonds. The second-order valence-corrected chi connectivity index (χ2v) is 5.84. The van der Waals surface area contributed by atoms with Crippen LogP contribution in [0.2, 0.25) is 5.02 Å². The first-order chi connectivity index (χ1) is 13.5. The van der Waals surface area contributed by atoms with Crippen LogP contribution in [0.5, 0.6) is 5.75 Å². The second kappa shape index (κ2) is 8.76. The summed E-state index contributed by atoms with van der Waals surface area (Å²) in [7, 11) is 0. The number of hydrogen-bond donors (Lipinski definition) is 0. The molecule has 12 heteroatoms. The van der Waals surface area contributed by atoms with E-state index in [0.717, 1.165) is 12.1 Å². The number of esters is 1. The second-order valence-electron chi connectivity index (χ2n) is 5.46. The highest BCUT2D eigenvalue weighted by atomic mass is 35.5. The van der Waals surface area contributed by atoms with Crippen molar-refractivity contribution in [1.29, 1.82) is 0 Å². The van der Waals surface area contributed by atoms with E-state index >= 15 is 0 Å². The third kappa shape index (κ3) is 4.84. The lowest BCUT2D eigenvalue weighted by molar-refractivity contribution is -0.0885. The first kappa shape index (κ1) is 22.6. The number of nitrogens with zero attached hydrogens (tertiary/aromatic N) is 2. The Morgan fingerprint density at radius 3 is 2.41 bits per heavy atom. The van der Waals surface area contributed by atoms with Gasteiger partial charge in [0.05, 0.1) is 12.3 Å². The van der Waals surface area contributed by atoms with Gasteiger partial charge < -0.3 is 9.47 Å². The maximum Gasteiger partial charge on any atom is 0.454 e. The fourth-order valence-electron chi connectivity index (χ4n) is 2.47. The average Bonchev–Trinajstić information content (AvgIpc) is 2.96. The van der Waals surface area contributed by atoms with Gasteiger partial charge in [0.2, 0.25) is 0 Å². The average molecular weight is 441 g/mol. The first-order valence-electron chi connectivity index (χ1n) is 8.15. The topological polar surface area (TPSA) is 70.4 Å². The van der Waals surface area contributed by atoms with Crippen molar-refractivity contribution in [2.45, 2.75) is 33.2 Å². The van der Waals surface area contributed by atoms with Crippen molar-refractivity contribution in [2.24, 2.45) is 0 Å². The minimum Gasteiger partial charge on any atom is -0.461 e. The first-order valence-corrected chi connectivity index (χ1v) is 8.53. The molecule has 1 aromatic carbocycles. The molecular formula is C17H14ClF5N2O4. The quantitative estimate of drug-likeness (QED) is 0.353. The SMILES string of the molecule is CCOC(=O)c1nn(CC)c(-c2ccc(C(=O)C(F)(F)F)cc2OC(F)F)c1Cl. The lowest BCUT2D eigenvalue weighted by atomic mass is 10.0. The Morgan fingerprint density at radius 1 is 1.24 bits per heavy atom. The van der Waals surface area contributed by atoms with Crippen molar-refractivity contribution < 1.29 is 41.0 Å². The van der Waals surface area contributed by atoms with E-state index in [1.165, 1.54) is 4.68 Å². The molecule has 0 saturated heterocycles. The monoisotopic (exact) mass is 440 g/mol. The van der Waals surface area contributed by atoms with E-state index in [9.17, 15) is 31.5 Å². The molecule has 1 aromatic heterocycles. The van der Waals surface area contributed by atoms with Crippen LogP contribution in [0.3, 0.4) is 0 Å². The van der Waals surface area contributed by atoms with Crippen molar-refractivity contribution >= 4 is 23.4 Å². The van der Waals surface area contributed by atoms with Gasteiger partial charge in [0.15, 0.2) is 5.69 Å². The number of alkyl halides is 5. The summed E-state index contributed by atoms with van der Waals surface area (Å²) in [6, 6.07) is 2.28. The maximum atomic E-state index is 12.8. The largest absolute Gasteiger partial charge is 0.461 e. The Labute approximate surface area is 166 Å². The molecule has 0 atom stereocenters. The van der Waals surface area contributed by atoms with Crippen molar-refractivity contribution in [2.75, 3.05) is 6.61 Å². The normalized spacial score (nSPS) is 11.6. The number of aryl methyl sites for hydroxylation is 1. The molecule has 0 radical (unpaired) electrons. The molecule has 0 unspecified atom stereocenters. The smallest absolute Gasteiger partial charge is 0.454 e. The Balaban J connectivity index is 2.67. The Morgan fingerprint density at radius 2 is 1.90 bits per heavy atom. The van der Waals surface area contributed by atoms with Gasteiger partial charge in [-0.2, -0.15) is 27.1 Å². The lowest BCUT2D eigenvalue weighted by Gasteiger charge is -2.14. The van der Waals surface area contributed by atoms with Crippen molar-refractivity contribution in [3.8, 4) is 17.0 Å². The van der Waals surface area contributed by atoms with Crippen LogP contribution < -0.4 is 4.74 Å². The number of aromatic nitrogens is 2. The van der Waals surface area contributed by atoms with E-state index in [4.69, 9.17) is 16.3 Å². The van der Waals surface area contributed by atoms with Gasteiger partial charge in [0.1, 0.15) is 10.8 Å². The van der Waals surface area contributed by atoms with Crippen LogP contribution >= 0.6 is 11.6 Å². The summed E-state index contributed by atoms with van der Waals surface area (Å²) in [6.45, 7) is -0.0827. The predicted octanol–water partition coefficient (Wildman–Crippen LogP) is 4.75. The molecule has 158 valence electrons. The minimum absolute atomic E-state index is 0.0253. The molecule has 0 bridgehead atoms. The molecule has 0 saturated carbocycles. The maximum absolute atomic E-state index is 12.8. The Hall–Kier alpha value is -2.69. The van der Waals surface area contributed by atoms with Crippen LogP contribution in [0.15, 0.2) is 18.2 Å². The minimum atomic E-state index is -5.20.